The van der Waals surface area contributed by atoms with Crippen LogP contribution in [-0.4, -0.2) is 25.8 Å². The van der Waals surface area contributed by atoms with E-state index in [1.807, 2.05) is 40.9 Å². The van der Waals surface area contributed by atoms with Gasteiger partial charge in [-0.05, 0) is 25.0 Å². The van der Waals surface area contributed by atoms with E-state index >= 15 is 0 Å². The molecule has 29 heavy (non-hydrogen) atoms. The first-order valence-electron chi connectivity index (χ1n) is 9.45. The zero-order chi connectivity index (χ0) is 19.2. The van der Waals surface area contributed by atoms with E-state index in [0.717, 1.165) is 37.3 Å². The fraction of sp³-hybridized carbons (Fsp3) is 0.143. The molecule has 0 amide bonds. The molecule has 0 radical (unpaired) electrons. The molecule has 1 fully saturated rings. The van der Waals surface area contributed by atoms with Crippen LogP contribution in [0.1, 0.15) is 29.5 Å². The fourth-order valence-electron chi connectivity index (χ4n) is 3.27. The smallest absolute Gasteiger partial charge is 0.213 e. The molecule has 142 valence electrons. The lowest BCUT2D eigenvalue weighted by atomic mass is 10.1. The number of imidazole rings is 1. The van der Waals surface area contributed by atoms with Crippen molar-refractivity contribution >= 4 is 49.2 Å². The van der Waals surface area contributed by atoms with E-state index in [9.17, 15) is 0 Å². The van der Waals surface area contributed by atoms with Crippen molar-refractivity contribution in [2.75, 3.05) is 5.43 Å². The summed E-state index contributed by atoms with van der Waals surface area (Å²) in [5, 5.41) is 11.2. The Labute approximate surface area is 174 Å². The minimum atomic E-state index is 0.604. The maximum atomic E-state index is 4.86. The van der Waals surface area contributed by atoms with Crippen molar-refractivity contribution in [2.45, 2.75) is 18.8 Å². The fourth-order valence-corrected chi connectivity index (χ4v) is 5.16. The van der Waals surface area contributed by atoms with Gasteiger partial charge < -0.3 is 0 Å². The molecule has 1 aliphatic rings. The Hall–Kier alpha value is -3.10. The van der Waals surface area contributed by atoms with Crippen LogP contribution in [0, 0.1) is 0 Å². The van der Waals surface area contributed by atoms with Crippen LogP contribution in [0.15, 0.2) is 59.7 Å². The second-order valence-corrected chi connectivity index (χ2v) is 9.00. The van der Waals surface area contributed by atoms with Gasteiger partial charge in [0.15, 0.2) is 0 Å². The third kappa shape index (κ3) is 3.10. The molecule has 3 heterocycles. The summed E-state index contributed by atoms with van der Waals surface area (Å²) < 4.78 is 3.06. The van der Waals surface area contributed by atoms with Crippen LogP contribution in [0.2, 0.25) is 0 Å². The molecular weight excluding hydrogens is 400 g/mol. The average Bonchev–Trinajstić information content (AvgIpc) is 3.25. The first-order valence-corrected chi connectivity index (χ1v) is 11.1. The number of hydrogen-bond acceptors (Lipinski definition) is 7. The SMILES string of the molecule is C(=N\Nc1nc2ccccc2s1)/c1c(-c2ccccc2)nc2sc(C3CC3)nn12. The van der Waals surface area contributed by atoms with Gasteiger partial charge in [0.2, 0.25) is 10.1 Å². The molecule has 1 saturated carbocycles. The summed E-state index contributed by atoms with van der Waals surface area (Å²) in [6.07, 6.45) is 4.25. The maximum absolute atomic E-state index is 4.86. The quantitative estimate of drug-likeness (QED) is 0.308. The second-order valence-electron chi connectivity index (χ2n) is 6.98. The maximum Gasteiger partial charge on any atom is 0.213 e. The second kappa shape index (κ2) is 6.75. The highest BCUT2D eigenvalue weighted by Gasteiger charge is 2.29. The van der Waals surface area contributed by atoms with Gasteiger partial charge in [0, 0.05) is 11.5 Å². The Morgan fingerprint density at radius 2 is 1.83 bits per heavy atom. The van der Waals surface area contributed by atoms with Gasteiger partial charge >= 0.3 is 0 Å². The summed E-state index contributed by atoms with van der Waals surface area (Å²) in [6.45, 7) is 0. The highest BCUT2D eigenvalue weighted by atomic mass is 32.1. The van der Waals surface area contributed by atoms with Crippen molar-refractivity contribution in [1.29, 1.82) is 0 Å². The summed E-state index contributed by atoms with van der Waals surface area (Å²) in [5.74, 6) is 0.604. The minimum absolute atomic E-state index is 0.604. The number of anilines is 1. The number of fused-ring (bicyclic) bond motifs is 2. The molecule has 0 unspecified atom stereocenters. The highest BCUT2D eigenvalue weighted by molar-refractivity contribution is 7.22. The van der Waals surface area contributed by atoms with Crippen molar-refractivity contribution in [3.8, 4) is 11.3 Å². The van der Waals surface area contributed by atoms with Crippen molar-refractivity contribution in [3.63, 3.8) is 0 Å². The van der Waals surface area contributed by atoms with Gasteiger partial charge in [-0.25, -0.2) is 14.5 Å². The molecule has 8 heteroatoms. The Morgan fingerprint density at radius 3 is 2.66 bits per heavy atom. The van der Waals surface area contributed by atoms with E-state index in [4.69, 9.17) is 10.1 Å². The molecule has 3 aromatic heterocycles. The Kier molecular flexibility index (Phi) is 3.92. The molecular formula is C21H16N6S2. The highest BCUT2D eigenvalue weighted by Crippen LogP contribution is 2.42. The van der Waals surface area contributed by atoms with E-state index in [0.29, 0.717) is 5.92 Å². The van der Waals surface area contributed by atoms with Crippen LogP contribution >= 0.6 is 22.7 Å². The van der Waals surface area contributed by atoms with Crippen LogP contribution in [0.5, 0.6) is 0 Å². The number of hydrazone groups is 1. The predicted octanol–water partition coefficient (Wildman–Crippen LogP) is 5.39. The summed E-state index contributed by atoms with van der Waals surface area (Å²) in [5.41, 5.74) is 6.86. The molecule has 0 aliphatic heterocycles. The monoisotopic (exact) mass is 416 g/mol. The Bertz CT molecular complexity index is 1310. The third-order valence-electron chi connectivity index (χ3n) is 4.87. The number of benzene rings is 2. The molecule has 1 N–H and O–H groups in total. The van der Waals surface area contributed by atoms with Crippen molar-refractivity contribution < 1.29 is 0 Å². The van der Waals surface area contributed by atoms with Crippen molar-refractivity contribution in [3.05, 3.63) is 65.3 Å². The molecule has 5 aromatic rings. The van der Waals surface area contributed by atoms with Gasteiger partial charge in [0.25, 0.3) is 0 Å². The van der Waals surface area contributed by atoms with E-state index in [1.54, 1.807) is 28.9 Å². The molecule has 0 saturated heterocycles. The first kappa shape index (κ1) is 16.8. The Morgan fingerprint density at radius 1 is 1.00 bits per heavy atom. The van der Waals surface area contributed by atoms with Crippen LogP contribution in [-0.2, 0) is 0 Å². The van der Waals surface area contributed by atoms with Gasteiger partial charge in [-0.1, -0.05) is 65.1 Å². The number of thiazole rings is 1. The van der Waals surface area contributed by atoms with Gasteiger partial charge in [0.1, 0.15) is 16.4 Å². The lowest BCUT2D eigenvalue weighted by Gasteiger charge is -1.99. The van der Waals surface area contributed by atoms with Gasteiger partial charge in [-0.15, -0.1) is 0 Å². The third-order valence-corrected chi connectivity index (χ3v) is 6.88. The van der Waals surface area contributed by atoms with Gasteiger partial charge in [-0.3, -0.25) is 5.43 Å². The minimum Gasteiger partial charge on any atom is -0.253 e. The Balaban J connectivity index is 1.38. The molecule has 1 aliphatic carbocycles. The number of hydrogen-bond donors (Lipinski definition) is 1. The molecule has 2 aromatic carbocycles. The number of nitrogens with zero attached hydrogens (tertiary/aromatic N) is 5. The molecule has 0 atom stereocenters. The zero-order valence-electron chi connectivity index (χ0n) is 15.3. The molecule has 0 spiro atoms. The summed E-state index contributed by atoms with van der Waals surface area (Å²) in [4.78, 5) is 10.3. The van der Waals surface area contributed by atoms with E-state index in [-0.39, 0.29) is 0 Å². The van der Waals surface area contributed by atoms with E-state index in [2.05, 4.69) is 33.7 Å². The number of rotatable bonds is 5. The predicted molar refractivity (Wildman–Crippen MR) is 119 cm³/mol. The van der Waals surface area contributed by atoms with Crippen molar-refractivity contribution in [2.24, 2.45) is 5.10 Å². The summed E-state index contributed by atoms with van der Waals surface area (Å²) in [7, 11) is 0. The van der Waals surface area contributed by atoms with Crippen LogP contribution in [0.25, 0.3) is 26.4 Å². The van der Waals surface area contributed by atoms with E-state index < -0.39 is 0 Å². The van der Waals surface area contributed by atoms with E-state index in [1.165, 1.54) is 17.8 Å². The largest absolute Gasteiger partial charge is 0.253 e. The van der Waals surface area contributed by atoms with Gasteiger partial charge in [-0.2, -0.15) is 10.2 Å². The number of para-hydroxylation sites is 1. The zero-order valence-corrected chi connectivity index (χ0v) is 17.0. The van der Waals surface area contributed by atoms with Crippen LogP contribution in [0.4, 0.5) is 5.13 Å². The molecule has 6 nitrogen and oxygen atoms in total. The average molecular weight is 417 g/mol. The first-order chi connectivity index (χ1) is 14.3. The van der Waals surface area contributed by atoms with Crippen molar-refractivity contribution in [1.82, 2.24) is 19.6 Å². The molecule has 6 rings (SSSR count). The summed E-state index contributed by atoms with van der Waals surface area (Å²) >= 11 is 3.26. The topological polar surface area (TPSA) is 67.5 Å². The van der Waals surface area contributed by atoms with Crippen LogP contribution in [0.3, 0.4) is 0 Å². The summed E-state index contributed by atoms with van der Waals surface area (Å²) in [6, 6.07) is 18.2. The van der Waals surface area contributed by atoms with Crippen LogP contribution < -0.4 is 5.43 Å². The number of nitrogens with one attached hydrogen (secondary N) is 1. The molecule has 0 bridgehead atoms. The lowest BCUT2D eigenvalue weighted by molar-refractivity contribution is 0.899. The lowest BCUT2D eigenvalue weighted by Crippen LogP contribution is -1.98. The standard InChI is InChI=1S/C21H16N6S2/c1-2-6-13(7-3-1)18-16(27-21(24-18)29-19(26-27)14-10-11-14)12-22-25-20-23-15-8-4-5-9-17(15)28-20/h1-9,12,14H,10-11H2,(H,23,25)/b22-12+. The normalized spacial score (nSPS) is 14.3. The number of aromatic nitrogens is 4. The van der Waals surface area contributed by atoms with Gasteiger partial charge in [0.05, 0.1) is 16.4 Å².